The lowest BCUT2D eigenvalue weighted by atomic mass is 9.86. The van der Waals surface area contributed by atoms with Crippen molar-refractivity contribution < 1.29 is 28.6 Å². The second-order valence-electron chi connectivity index (χ2n) is 7.13. The van der Waals surface area contributed by atoms with Gasteiger partial charge in [-0.25, -0.2) is 4.79 Å². The van der Waals surface area contributed by atoms with Crippen molar-refractivity contribution in [2.45, 2.75) is 25.8 Å². The summed E-state index contributed by atoms with van der Waals surface area (Å²) < 4.78 is 15.4. The number of nitrogens with one attached hydrogen (secondary N) is 1. The Morgan fingerprint density at radius 2 is 1.77 bits per heavy atom. The van der Waals surface area contributed by atoms with E-state index in [1.807, 2.05) is 19.9 Å². The SMILES string of the molecule is CCC1(c2ccc(OC)c(C)c2)NC(=O)N(CC(=O)N(CCOC)CCOC)C1=O. The van der Waals surface area contributed by atoms with Crippen LogP contribution >= 0.6 is 0 Å². The van der Waals surface area contributed by atoms with Crippen LogP contribution in [0.5, 0.6) is 5.75 Å². The zero-order chi connectivity index (χ0) is 22.3. The Hall–Kier alpha value is -2.65. The van der Waals surface area contributed by atoms with Crippen molar-refractivity contribution in [3.63, 3.8) is 0 Å². The summed E-state index contributed by atoms with van der Waals surface area (Å²) in [5.74, 6) is -0.0856. The van der Waals surface area contributed by atoms with Gasteiger partial charge >= 0.3 is 6.03 Å². The van der Waals surface area contributed by atoms with Gasteiger partial charge in [0.2, 0.25) is 5.91 Å². The second kappa shape index (κ2) is 10.4. The number of rotatable bonds is 11. The van der Waals surface area contributed by atoms with E-state index < -0.39 is 17.5 Å². The minimum absolute atomic E-state index is 0.338. The highest BCUT2D eigenvalue weighted by Gasteiger charge is 2.52. The lowest BCUT2D eigenvalue weighted by Gasteiger charge is -2.27. The van der Waals surface area contributed by atoms with Crippen molar-refractivity contribution in [1.82, 2.24) is 15.1 Å². The minimum atomic E-state index is -1.21. The monoisotopic (exact) mass is 421 g/mol. The molecule has 0 radical (unpaired) electrons. The average molecular weight is 421 g/mol. The van der Waals surface area contributed by atoms with Crippen molar-refractivity contribution in [3.8, 4) is 5.75 Å². The quantitative estimate of drug-likeness (QED) is 0.541. The number of benzene rings is 1. The molecule has 1 fully saturated rings. The van der Waals surface area contributed by atoms with E-state index in [4.69, 9.17) is 14.2 Å². The van der Waals surface area contributed by atoms with Crippen molar-refractivity contribution >= 4 is 17.8 Å². The molecule has 0 saturated carbocycles. The van der Waals surface area contributed by atoms with Crippen LogP contribution < -0.4 is 10.1 Å². The van der Waals surface area contributed by atoms with Gasteiger partial charge in [0.05, 0.1) is 20.3 Å². The molecular weight excluding hydrogens is 390 g/mol. The molecule has 1 unspecified atom stereocenters. The predicted molar refractivity (Wildman–Crippen MR) is 110 cm³/mol. The number of carbonyl (C=O) groups excluding carboxylic acids is 3. The van der Waals surface area contributed by atoms with Crippen molar-refractivity contribution in [2.24, 2.45) is 0 Å². The summed E-state index contributed by atoms with van der Waals surface area (Å²) in [5, 5.41) is 2.81. The molecule has 0 spiro atoms. The van der Waals surface area contributed by atoms with Gasteiger partial charge in [0.15, 0.2) is 0 Å². The maximum atomic E-state index is 13.3. The number of methoxy groups -OCH3 is 3. The molecule has 0 aliphatic carbocycles. The normalized spacial score (nSPS) is 18.5. The summed E-state index contributed by atoms with van der Waals surface area (Å²) in [5.41, 5.74) is 0.301. The molecular formula is C21H31N3O6. The van der Waals surface area contributed by atoms with Crippen LogP contribution in [-0.4, -0.2) is 81.8 Å². The third-order valence-electron chi connectivity index (χ3n) is 5.37. The van der Waals surface area contributed by atoms with E-state index in [9.17, 15) is 14.4 Å². The predicted octanol–water partition coefficient (Wildman–Crippen LogP) is 1.28. The topological polar surface area (TPSA) is 97.4 Å². The number of nitrogens with zero attached hydrogens (tertiary/aromatic N) is 2. The van der Waals surface area contributed by atoms with Gasteiger partial charge in [0.25, 0.3) is 5.91 Å². The van der Waals surface area contributed by atoms with Crippen LogP contribution in [-0.2, 0) is 24.6 Å². The highest BCUT2D eigenvalue weighted by Crippen LogP contribution is 2.34. The van der Waals surface area contributed by atoms with Crippen LogP contribution in [0, 0.1) is 6.92 Å². The summed E-state index contributed by atoms with van der Waals surface area (Å²) >= 11 is 0. The third-order valence-corrected chi connectivity index (χ3v) is 5.37. The van der Waals surface area contributed by atoms with Gasteiger partial charge in [0.1, 0.15) is 17.8 Å². The van der Waals surface area contributed by atoms with Crippen LogP contribution in [0.4, 0.5) is 4.79 Å². The van der Waals surface area contributed by atoms with E-state index >= 15 is 0 Å². The minimum Gasteiger partial charge on any atom is -0.496 e. The number of imide groups is 1. The number of hydrogen-bond donors (Lipinski definition) is 1. The first-order valence-electron chi connectivity index (χ1n) is 9.89. The number of carbonyl (C=O) groups is 3. The molecule has 1 N–H and O–H groups in total. The summed E-state index contributed by atoms with van der Waals surface area (Å²) in [6, 6.07) is 4.78. The Labute approximate surface area is 177 Å². The molecule has 1 heterocycles. The molecule has 30 heavy (non-hydrogen) atoms. The molecule has 4 amide bonds. The standard InChI is InChI=1S/C21H31N3O6/c1-6-21(16-7-8-17(30-5)15(2)13-16)19(26)24(20(27)22-21)14-18(25)23(9-11-28-3)10-12-29-4/h7-8,13H,6,9-12,14H2,1-5H3,(H,22,27). The van der Waals surface area contributed by atoms with E-state index in [-0.39, 0.29) is 12.5 Å². The molecule has 1 aromatic rings. The maximum absolute atomic E-state index is 13.3. The first-order valence-corrected chi connectivity index (χ1v) is 9.89. The fourth-order valence-corrected chi connectivity index (χ4v) is 3.55. The fraction of sp³-hybridized carbons (Fsp3) is 0.571. The first-order chi connectivity index (χ1) is 14.3. The van der Waals surface area contributed by atoms with Crippen molar-refractivity contribution in [2.75, 3.05) is 54.2 Å². The number of aryl methyl sites for hydroxylation is 1. The molecule has 166 valence electrons. The van der Waals surface area contributed by atoms with Gasteiger partial charge in [-0.15, -0.1) is 0 Å². The van der Waals surface area contributed by atoms with E-state index in [2.05, 4.69) is 5.32 Å². The molecule has 1 saturated heterocycles. The Morgan fingerprint density at radius 1 is 1.13 bits per heavy atom. The summed E-state index contributed by atoms with van der Waals surface area (Å²) in [6.07, 6.45) is 0.352. The van der Waals surface area contributed by atoms with E-state index in [0.29, 0.717) is 44.0 Å². The van der Waals surface area contributed by atoms with Gasteiger partial charge in [-0.2, -0.15) is 0 Å². The molecule has 1 aliphatic rings. The smallest absolute Gasteiger partial charge is 0.325 e. The van der Waals surface area contributed by atoms with E-state index in [1.54, 1.807) is 33.5 Å². The zero-order valence-corrected chi connectivity index (χ0v) is 18.3. The molecule has 9 heteroatoms. The Morgan fingerprint density at radius 3 is 2.27 bits per heavy atom. The Kier molecular flexibility index (Phi) is 8.19. The summed E-state index contributed by atoms with van der Waals surface area (Å²) in [7, 11) is 4.66. The summed E-state index contributed by atoms with van der Waals surface area (Å²) in [4.78, 5) is 41.3. The maximum Gasteiger partial charge on any atom is 0.325 e. The largest absolute Gasteiger partial charge is 0.496 e. The van der Waals surface area contributed by atoms with Crippen LogP contribution in [0.15, 0.2) is 18.2 Å². The van der Waals surface area contributed by atoms with Crippen LogP contribution in [0.2, 0.25) is 0 Å². The number of amides is 4. The Balaban J connectivity index is 2.24. The molecule has 2 rings (SSSR count). The number of urea groups is 1. The van der Waals surface area contributed by atoms with Gasteiger partial charge in [-0.1, -0.05) is 13.0 Å². The lowest BCUT2D eigenvalue weighted by molar-refractivity contribution is -0.140. The highest BCUT2D eigenvalue weighted by molar-refractivity contribution is 6.09. The van der Waals surface area contributed by atoms with Gasteiger partial charge < -0.3 is 24.4 Å². The van der Waals surface area contributed by atoms with E-state index in [0.717, 1.165) is 10.5 Å². The van der Waals surface area contributed by atoms with Crippen LogP contribution in [0.1, 0.15) is 24.5 Å². The number of hydrogen-bond acceptors (Lipinski definition) is 6. The first kappa shape index (κ1) is 23.6. The highest BCUT2D eigenvalue weighted by atomic mass is 16.5. The van der Waals surface area contributed by atoms with Crippen molar-refractivity contribution in [3.05, 3.63) is 29.3 Å². The van der Waals surface area contributed by atoms with Crippen LogP contribution in [0.25, 0.3) is 0 Å². The van der Waals surface area contributed by atoms with E-state index in [1.165, 1.54) is 4.90 Å². The number of ether oxygens (including phenoxy) is 3. The molecule has 1 aromatic carbocycles. The van der Waals surface area contributed by atoms with Gasteiger partial charge in [0, 0.05) is 27.3 Å². The van der Waals surface area contributed by atoms with Crippen LogP contribution in [0.3, 0.4) is 0 Å². The molecule has 1 aliphatic heterocycles. The second-order valence-corrected chi connectivity index (χ2v) is 7.13. The molecule has 0 aromatic heterocycles. The van der Waals surface area contributed by atoms with Gasteiger partial charge in [-0.05, 0) is 36.6 Å². The van der Waals surface area contributed by atoms with Crippen molar-refractivity contribution in [1.29, 1.82) is 0 Å². The van der Waals surface area contributed by atoms with Gasteiger partial charge in [-0.3, -0.25) is 14.5 Å². The third kappa shape index (κ3) is 4.73. The lowest BCUT2D eigenvalue weighted by Crippen LogP contribution is -2.46. The zero-order valence-electron chi connectivity index (χ0n) is 18.3. The average Bonchev–Trinajstić information content (AvgIpc) is 2.98. The summed E-state index contributed by atoms with van der Waals surface area (Å²) in [6.45, 7) is 4.75. The molecule has 0 bridgehead atoms. The molecule has 1 atom stereocenters. The fourth-order valence-electron chi connectivity index (χ4n) is 3.55. The Bertz CT molecular complexity index is 776. The molecule has 9 nitrogen and oxygen atoms in total.